The van der Waals surface area contributed by atoms with Crippen molar-refractivity contribution in [1.82, 2.24) is 9.55 Å². The van der Waals surface area contributed by atoms with Crippen molar-refractivity contribution in [1.29, 1.82) is 5.26 Å². The SMILES string of the molecule is CCCCc1ncc(C=O)n1Cc1ccc(C#N)cc1. The van der Waals surface area contributed by atoms with Gasteiger partial charge in [0.25, 0.3) is 0 Å². The first-order chi connectivity index (χ1) is 9.78. The van der Waals surface area contributed by atoms with E-state index in [1.165, 1.54) is 0 Å². The third-order valence-corrected chi connectivity index (χ3v) is 3.27. The van der Waals surface area contributed by atoms with Gasteiger partial charge in [-0.15, -0.1) is 0 Å². The molecular formula is C16H17N3O. The van der Waals surface area contributed by atoms with E-state index in [-0.39, 0.29) is 0 Å². The molecule has 1 aromatic heterocycles. The number of aryl methyl sites for hydroxylation is 1. The van der Waals surface area contributed by atoms with Gasteiger partial charge in [0, 0.05) is 13.0 Å². The number of hydrogen-bond acceptors (Lipinski definition) is 3. The number of rotatable bonds is 6. The lowest BCUT2D eigenvalue weighted by molar-refractivity contribution is 0.111. The fraction of sp³-hybridized carbons (Fsp3) is 0.312. The van der Waals surface area contributed by atoms with Gasteiger partial charge in [-0.25, -0.2) is 4.98 Å². The standard InChI is InChI=1S/C16H17N3O/c1-2-3-4-16-18-10-15(12-20)19(16)11-14-7-5-13(9-17)6-8-14/h5-8,10,12H,2-4,11H2,1H3. The third kappa shape index (κ3) is 3.12. The predicted octanol–water partition coefficient (Wildman–Crippen LogP) is 2.96. The second kappa shape index (κ2) is 6.67. The maximum Gasteiger partial charge on any atom is 0.168 e. The molecule has 20 heavy (non-hydrogen) atoms. The van der Waals surface area contributed by atoms with Crippen LogP contribution in [0.15, 0.2) is 30.5 Å². The molecule has 0 atom stereocenters. The molecule has 0 saturated heterocycles. The summed E-state index contributed by atoms with van der Waals surface area (Å²) in [7, 11) is 0. The maximum atomic E-state index is 11.1. The molecule has 0 aliphatic heterocycles. The predicted molar refractivity (Wildman–Crippen MR) is 76.5 cm³/mol. The number of aldehydes is 1. The Morgan fingerprint density at radius 2 is 2.10 bits per heavy atom. The summed E-state index contributed by atoms with van der Waals surface area (Å²) in [5.74, 6) is 0.943. The molecule has 0 amide bonds. The number of aromatic nitrogens is 2. The molecule has 0 saturated carbocycles. The highest BCUT2D eigenvalue weighted by Gasteiger charge is 2.09. The summed E-state index contributed by atoms with van der Waals surface area (Å²) >= 11 is 0. The summed E-state index contributed by atoms with van der Waals surface area (Å²) in [4.78, 5) is 15.4. The zero-order chi connectivity index (χ0) is 14.4. The van der Waals surface area contributed by atoms with Crippen molar-refractivity contribution >= 4 is 6.29 Å². The van der Waals surface area contributed by atoms with Crippen LogP contribution in [0.4, 0.5) is 0 Å². The first-order valence-corrected chi connectivity index (χ1v) is 6.77. The Hall–Kier alpha value is -2.41. The van der Waals surface area contributed by atoms with Crippen molar-refractivity contribution < 1.29 is 4.79 Å². The summed E-state index contributed by atoms with van der Waals surface area (Å²) in [5.41, 5.74) is 2.30. The van der Waals surface area contributed by atoms with Crippen molar-refractivity contribution in [2.45, 2.75) is 32.7 Å². The minimum atomic E-state index is 0.598. The van der Waals surface area contributed by atoms with E-state index in [0.29, 0.717) is 17.8 Å². The topological polar surface area (TPSA) is 58.7 Å². The largest absolute Gasteiger partial charge is 0.321 e. The van der Waals surface area contributed by atoms with Gasteiger partial charge in [0.05, 0.1) is 17.8 Å². The average molecular weight is 267 g/mol. The average Bonchev–Trinajstić information content (AvgIpc) is 2.88. The molecule has 0 fully saturated rings. The maximum absolute atomic E-state index is 11.1. The fourth-order valence-electron chi connectivity index (χ4n) is 2.11. The Labute approximate surface area is 118 Å². The van der Waals surface area contributed by atoms with Crippen LogP contribution in [0.5, 0.6) is 0 Å². The molecule has 0 aliphatic carbocycles. The van der Waals surface area contributed by atoms with Gasteiger partial charge in [0.1, 0.15) is 11.5 Å². The molecule has 1 aromatic carbocycles. The van der Waals surface area contributed by atoms with Crippen molar-refractivity contribution in [2.75, 3.05) is 0 Å². The molecule has 102 valence electrons. The second-order valence-corrected chi connectivity index (χ2v) is 4.72. The van der Waals surface area contributed by atoms with Crippen LogP contribution >= 0.6 is 0 Å². The van der Waals surface area contributed by atoms with Crippen LogP contribution in [0.1, 0.15) is 47.2 Å². The summed E-state index contributed by atoms with van der Waals surface area (Å²) in [6.45, 7) is 2.74. The number of benzene rings is 1. The monoisotopic (exact) mass is 267 g/mol. The van der Waals surface area contributed by atoms with Crippen LogP contribution < -0.4 is 0 Å². The lowest BCUT2D eigenvalue weighted by atomic mass is 10.1. The van der Waals surface area contributed by atoms with Crippen LogP contribution in [-0.2, 0) is 13.0 Å². The Morgan fingerprint density at radius 3 is 2.70 bits per heavy atom. The summed E-state index contributed by atoms with van der Waals surface area (Å²) in [6.07, 6.45) is 5.50. The smallest absolute Gasteiger partial charge is 0.168 e. The molecule has 2 rings (SSSR count). The van der Waals surface area contributed by atoms with E-state index in [1.807, 2.05) is 16.7 Å². The number of carbonyl (C=O) groups is 1. The van der Waals surface area contributed by atoms with E-state index in [0.717, 1.165) is 36.9 Å². The Morgan fingerprint density at radius 1 is 1.35 bits per heavy atom. The number of nitriles is 1. The van der Waals surface area contributed by atoms with Crippen LogP contribution in [0, 0.1) is 11.3 Å². The minimum absolute atomic E-state index is 0.598. The summed E-state index contributed by atoms with van der Waals surface area (Å²) in [6, 6.07) is 9.51. The Balaban J connectivity index is 2.24. The zero-order valence-corrected chi connectivity index (χ0v) is 11.5. The van der Waals surface area contributed by atoms with E-state index in [4.69, 9.17) is 5.26 Å². The molecule has 2 aromatic rings. The molecule has 0 N–H and O–H groups in total. The fourth-order valence-corrected chi connectivity index (χ4v) is 2.11. The number of carbonyl (C=O) groups excluding carboxylic acids is 1. The Bertz CT molecular complexity index is 620. The van der Waals surface area contributed by atoms with Gasteiger partial charge < -0.3 is 4.57 Å². The van der Waals surface area contributed by atoms with Crippen LogP contribution in [-0.4, -0.2) is 15.8 Å². The highest BCUT2D eigenvalue weighted by molar-refractivity contribution is 5.72. The van der Waals surface area contributed by atoms with E-state index in [1.54, 1.807) is 18.3 Å². The van der Waals surface area contributed by atoms with E-state index >= 15 is 0 Å². The third-order valence-electron chi connectivity index (χ3n) is 3.27. The van der Waals surface area contributed by atoms with Crippen molar-refractivity contribution in [3.63, 3.8) is 0 Å². The lowest BCUT2D eigenvalue weighted by Gasteiger charge is -2.09. The van der Waals surface area contributed by atoms with E-state index in [2.05, 4.69) is 18.0 Å². The van der Waals surface area contributed by atoms with Crippen LogP contribution in [0.25, 0.3) is 0 Å². The molecule has 0 radical (unpaired) electrons. The van der Waals surface area contributed by atoms with Crippen molar-refractivity contribution in [2.24, 2.45) is 0 Å². The quantitative estimate of drug-likeness (QED) is 0.756. The minimum Gasteiger partial charge on any atom is -0.321 e. The number of hydrogen-bond donors (Lipinski definition) is 0. The van der Waals surface area contributed by atoms with Crippen LogP contribution in [0.2, 0.25) is 0 Å². The highest BCUT2D eigenvalue weighted by atomic mass is 16.1. The zero-order valence-electron chi connectivity index (χ0n) is 11.5. The summed E-state index contributed by atoms with van der Waals surface area (Å²) in [5, 5.41) is 8.80. The molecular weight excluding hydrogens is 250 g/mol. The molecule has 0 spiro atoms. The lowest BCUT2D eigenvalue weighted by Crippen LogP contribution is -2.08. The Kier molecular flexibility index (Phi) is 4.67. The molecule has 4 heteroatoms. The van der Waals surface area contributed by atoms with E-state index in [9.17, 15) is 4.79 Å². The van der Waals surface area contributed by atoms with Gasteiger partial charge in [0.2, 0.25) is 0 Å². The van der Waals surface area contributed by atoms with E-state index < -0.39 is 0 Å². The van der Waals surface area contributed by atoms with Crippen molar-refractivity contribution in [3.05, 3.63) is 53.1 Å². The first kappa shape index (κ1) is 14.0. The van der Waals surface area contributed by atoms with Gasteiger partial charge >= 0.3 is 0 Å². The molecule has 0 bridgehead atoms. The molecule has 0 unspecified atom stereocenters. The summed E-state index contributed by atoms with van der Waals surface area (Å²) < 4.78 is 1.95. The van der Waals surface area contributed by atoms with Gasteiger partial charge in [-0.2, -0.15) is 5.26 Å². The van der Waals surface area contributed by atoms with Gasteiger partial charge in [-0.1, -0.05) is 25.5 Å². The molecule has 4 nitrogen and oxygen atoms in total. The molecule has 0 aliphatic rings. The van der Waals surface area contributed by atoms with Gasteiger partial charge in [-0.05, 0) is 24.1 Å². The molecule has 1 heterocycles. The van der Waals surface area contributed by atoms with Crippen molar-refractivity contribution in [3.8, 4) is 6.07 Å². The normalized spacial score (nSPS) is 10.2. The highest BCUT2D eigenvalue weighted by Crippen LogP contribution is 2.12. The van der Waals surface area contributed by atoms with Gasteiger partial charge in [-0.3, -0.25) is 4.79 Å². The second-order valence-electron chi connectivity index (χ2n) is 4.72. The number of imidazole rings is 1. The number of unbranched alkanes of at least 4 members (excludes halogenated alkanes) is 1. The number of nitrogens with zero attached hydrogens (tertiary/aromatic N) is 3. The van der Waals surface area contributed by atoms with Gasteiger partial charge in [0.15, 0.2) is 6.29 Å². The first-order valence-electron chi connectivity index (χ1n) is 6.77. The van der Waals surface area contributed by atoms with Crippen LogP contribution in [0.3, 0.4) is 0 Å².